The van der Waals surface area contributed by atoms with Crippen molar-refractivity contribution in [2.45, 2.75) is 32.4 Å². The van der Waals surface area contributed by atoms with E-state index in [4.69, 9.17) is 9.72 Å². The highest BCUT2D eigenvalue weighted by Crippen LogP contribution is 2.35. The molecular weight excluding hydrogens is 310 g/mol. The van der Waals surface area contributed by atoms with Gasteiger partial charge in [0.15, 0.2) is 0 Å². The van der Waals surface area contributed by atoms with Gasteiger partial charge < -0.3 is 9.64 Å². The highest BCUT2D eigenvalue weighted by Gasteiger charge is 2.28. The first-order valence-electron chi connectivity index (χ1n) is 9.39. The summed E-state index contributed by atoms with van der Waals surface area (Å²) >= 11 is 0. The molecule has 4 heteroatoms. The molecule has 2 aliphatic heterocycles. The van der Waals surface area contributed by atoms with E-state index in [9.17, 15) is 0 Å². The van der Waals surface area contributed by atoms with Crippen molar-refractivity contribution in [2.75, 3.05) is 37.7 Å². The highest BCUT2D eigenvalue weighted by atomic mass is 16.5. The summed E-state index contributed by atoms with van der Waals surface area (Å²) in [7, 11) is 0. The Labute approximate surface area is 150 Å². The molecule has 0 N–H and O–H groups in total. The van der Waals surface area contributed by atoms with Crippen LogP contribution in [0.3, 0.4) is 0 Å². The number of aromatic nitrogens is 1. The quantitative estimate of drug-likeness (QED) is 0.853. The molecule has 2 saturated heterocycles. The molecule has 1 atom stereocenters. The zero-order valence-corrected chi connectivity index (χ0v) is 15.0. The number of rotatable bonds is 4. The minimum atomic E-state index is 0.492. The minimum absolute atomic E-state index is 0.492. The monoisotopic (exact) mass is 337 g/mol. The van der Waals surface area contributed by atoms with Gasteiger partial charge in [0.2, 0.25) is 0 Å². The Kier molecular flexibility index (Phi) is 4.99. The SMILES string of the molecule is Cc1nc(N2CCOCC2)ccc1[C@H]1CCCN1Cc1ccccc1. The second-order valence-electron chi connectivity index (χ2n) is 7.06. The van der Waals surface area contributed by atoms with Crippen LogP contribution >= 0.6 is 0 Å². The summed E-state index contributed by atoms with van der Waals surface area (Å²) in [6.07, 6.45) is 2.49. The summed E-state index contributed by atoms with van der Waals surface area (Å²) in [5.74, 6) is 1.09. The lowest BCUT2D eigenvalue weighted by molar-refractivity contribution is 0.122. The van der Waals surface area contributed by atoms with Crippen molar-refractivity contribution in [3.05, 3.63) is 59.3 Å². The van der Waals surface area contributed by atoms with Crippen molar-refractivity contribution in [2.24, 2.45) is 0 Å². The smallest absolute Gasteiger partial charge is 0.128 e. The standard InChI is InChI=1S/C21H27N3O/c1-17-19(9-10-21(22-17)23-12-14-25-15-13-23)20-8-5-11-24(20)16-18-6-3-2-4-7-18/h2-4,6-7,9-10,20H,5,8,11-16H2,1H3/t20-/m1/s1. The molecular formula is C21H27N3O. The minimum Gasteiger partial charge on any atom is -0.378 e. The third-order valence-electron chi connectivity index (χ3n) is 5.40. The first kappa shape index (κ1) is 16.6. The summed E-state index contributed by atoms with van der Waals surface area (Å²) in [5, 5.41) is 0. The summed E-state index contributed by atoms with van der Waals surface area (Å²) in [4.78, 5) is 9.86. The van der Waals surface area contributed by atoms with Crippen LogP contribution in [0.4, 0.5) is 5.82 Å². The maximum atomic E-state index is 5.45. The second-order valence-corrected chi connectivity index (χ2v) is 7.06. The van der Waals surface area contributed by atoms with Crippen molar-refractivity contribution in [3.63, 3.8) is 0 Å². The first-order valence-corrected chi connectivity index (χ1v) is 9.39. The molecule has 1 aromatic carbocycles. The molecule has 0 bridgehead atoms. The van der Waals surface area contributed by atoms with E-state index in [1.807, 2.05) is 0 Å². The van der Waals surface area contributed by atoms with Gasteiger partial charge in [0.05, 0.1) is 13.2 Å². The zero-order valence-electron chi connectivity index (χ0n) is 15.0. The van der Waals surface area contributed by atoms with E-state index in [2.05, 4.69) is 59.2 Å². The molecule has 1 aromatic heterocycles. The van der Waals surface area contributed by atoms with Gasteiger partial charge in [0.25, 0.3) is 0 Å². The number of morpholine rings is 1. The van der Waals surface area contributed by atoms with Crippen LogP contribution in [0.2, 0.25) is 0 Å². The molecule has 25 heavy (non-hydrogen) atoms. The zero-order chi connectivity index (χ0) is 17.1. The molecule has 2 fully saturated rings. The molecule has 0 amide bonds. The van der Waals surface area contributed by atoms with Crippen LogP contribution in [-0.4, -0.2) is 42.7 Å². The molecule has 2 aliphatic rings. The largest absolute Gasteiger partial charge is 0.378 e. The van der Waals surface area contributed by atoms with E-state index in [1.165, 1.54) is 36.2 Å². The third-order valence-corrected chi connectivity index (χ3v) is 5.40. The molecule has 0 saturated carbocycles. The maximum absolute atomic E-state index is 5.45. The van der Waals surface area contributed by atoms with E-state index in [-0.39, 0.29) is 0 Å². The Morgan fingerprint density at radius 2 is 1.84 bits per heavy atom. The molecule has 0 unspecified atom stereocenters. The fourth-order valence-electron chi connectivity index (χ4n) is 4.06. The number of pyridine rings is 1. The summed E-state index contributed by atoms with van der Waals surface area (Å²) in [6, 6.07) is 15.8. The highest BCUT2D eigenvalue weighted by molar-refractivity contribution is 5.43. The van der Waals surface area contributed by atoms with Gasteiger partial charge in [-0.3, -0.25) is 4.90 Å². The topological polar surface area (TPSA) is 28.6 Å². The van der Waals surface area contributed by atoms with Crippen LogP contribution in [0, 0.1) is 6.92 Å². The average molecular weight is 337 g/mol. The molecule has 132 valence electrons. The van der Waals surface area contributed by atoms with Gasteiger partial charge in [-0.2, -0.15) is 0 Å². The number of benzene rings is 1. The lowest BCUT2D eigenvalue weighted by Gasteiger charge is -2.30. The van der Waals surface area contributed by atoms with Crippen LogP contribution in [0.5, 0.6) is 0 Å². The van der Waals surface area contributed by atoms with Gasteiger partial charge >= 0.3 is 0 Å². The summed E-state index contributed by atoms with van der Waals surface area (Å²) in [5.41, 5.74) is 3.96. The second kappa shape index (κ2) is 7.54. The summed E-state index contributed by atoms with van der Waals surface area (Å²) in [6.45, 7) is 7.84. The molecule has 4 rings (SSSR count). The van der Waals surface area contributed by atoms with Crippen molar-refractivity contribution in [1.82, 2.24) is 9.88 Å². The average Bonchev–Trinajstić information content (AvgIpc) is 3.11. The van der Waals surface area contributed by atoms with E-state index in [0.29, 0.717) is 6.04 Å². The number of nitrogens with zero attached hydrogens (tertiary/aromatic N) is 3. The van der Waals surface area contributed by atoms with E-state index in [1.54, 1.807) is 0 Å². The van der Waals surface area contributed by atoms with Crippen LogP contribution in [0.1, 0.15) is 35.7 Å². The lowest BCUT2D eigenvalue weighted by atomic mass is 10.0. The Morgan fingerprint density at radius 3 is 2.60 bits per heavy atom. The van der Waals surface area contributed by atoms with E-state index < -0.39 is 0 Å². The lowest BCUT2D eigenvalue weighted by Crippen LogP contribution is -2.37. The van der Waals surface area contributed by atoms with Gasteiger partial charge in [0.1, 0.15) is 5.82 Å². The van der Waals surface area contributed by atoms with Crippen LogP contribution in [0.25, 0.3) is 0 Å². The predicted molar refractivity (Wildman–Crippen MR) is 101 cm³/mol. The molecule has 0 spiro atoms. The fraction of sp³-hybridized carbons (Fsp3) is 0.476. The third kappa shape index (κ3) is 3.70. The Morgan fingerprint density at radius 1 is 1.04 bits per heavy atom. The molecule has 4 nitrogen and oxygen atoms in total. The van der Waals surface area contributed by atoms with Gasteiger partial charge in [0, 0.05) is 31.4 Å². The van der Waals surface area contributed by atoms with Gasteiger partial charge in [-0.1, -0.05) is 36.4 Å². The Bertz CT molecular complexity index is 698. The van der Waals surface area contributed by atoms with Crippen LogP contribution < -0.4 is 4.90 Å². The normalized spacial score (nSPS) is 21.6. The van der Waals surface area contributed by atoms with E-state index >= 15 is 0 Å². The number of anilines is 1. The molecule has 3 heterocycles. The summed E-state index contributed by atoms with van der Waals surface area (Å²) < 4.78 is 5.45. The van der Waals surface area contributed by atoms with Crippen molar-refractivity contribution in [1.29, 1.82) is 0 Å². The number of hydrogen-bond donors (Lipinski definition) is 0. The van der Waals surface area contributed by atoms with Crippen molar-refractivity contribution >= 4 is 5.82 Å². The number of hydrogen-bond acceptors (Lipinski definition) is 4. The predicted octanol–water partition coefficient (Wildman–Crippen LogP) is 3.56. The number of aryl methyl sites for hydroxylation is 1. The van der Waals surface area contributed by atoms with Gasteiger partial charge in [-0.15, -0.1) is 0 Å². The van der Waals surface area contributed by atoms with Crippen molar-refractivity contribution < 1.29 is 4.74 Å². The molecule has 0 aliphatic carbocycles. The van der Waals surface area contributed by atoms with Crippen molar-refractivity contribution in [3.8, 4) is 0 Å². The Hall–Kier alpha value is -1.91. The fourth-order valence-corrected chi connectivity index (χ4v) is 4.06. The first-order chi connectivity index (χ1) is 12.3. The number of likely N-dealkylation sites (tertiary alicyclic amines) is 1. The van der Waals surface area contributed by atoms with Crippen LogP contribution in [0.15, 0.2) is 42.5 Å². The maximum Gasteiger partial charge on any atom is 0.128 e. The van der Waals surface area contributed by atoms with E-state index in [0.717, 1.165) is 38.7 Å². The number of ether oxygens (including phenoxy) is 1. The van der Waals surface area contributed by atoms with Gasteiger partial charge in [-0.25, -0.2) is 4.98 Å². The molecule has 2 aromatic rings. The van der Waals surface area contributed by atoms with Crippen LogP contribution in [-0.2, 0) is 11.3 Å². The Balaban J connectivity index is 1.51. The molecule has 0 radical (unpaired) electrons. The van der Waals surface area contributed by atoms with Gasteiger partial charge in [-0.05, 0) is 43.5 Å².